The summed E-state index contributed by atoms with van der Waals surface area (Å²) in [6, 6.07) is 15.2. The Morgan fingerprint density at radius 1 is 0.938 bits per heavy atom. The molecule has 0 bridgehead atoms. The normalized spacial score (nSPS) is 11.8. The van der Waals surface area contributed by atoms with Crippen LogP contribution in [0.4, 0.5) is 17.6 Å². The van der Waals surface area contributed by atoms with E-state index in [-0.39, 0.29) is 32.4 Å². The third-order valence-electron chi connectivity index (χ3n) is 4.76. The molecule has 0 unspecified atom stereocenters. The SMILES string of the molecule is CC(C)(c1cccc(-c2[c-]ccnc2F)n1)c1cccc(-n2[c-]cc(C(F)(F)F)n2)n1.[Pt+2]. The van der Waals surface area contributed by atoms with E-state index in [2.05, 4.69) is 32.3 Å². The second-order valence-electron chi connectivity index (χ2n) is 7.24. The van der Waals surface area contributed by atoms with Crippen LogP contribution in [0.25, 0.3) is 17.1 Å². The van der Waals surface area contributed by atoms with Gasteiger partial charge in [0.25, 0.3) is 0 Å². The van der Waals surface area contributed by atoms with E-state index >= 15 is 0 Å². The molecule has 0 spiro atoms. The average molecular weight is 620 g/mol. The topological polar surface area (TPSA) is 56.5 Å². The molecule has 0 aliphatic heterocycles. The Balaban J connectivity index is 0.00000289. The fourth-order valence-corrected chi connectivity index (χ4v) is 3.01. The number of hydrogen-bond donors (Lipinski definition) is 0. The minimum Gasteiger partial charge on any atom is -0.343 e. The Kier molecular flexibility index (Phi) is 6.60. The van der Waals surface area contributed by atoms with Gasteiger partial charge in [-0.2, -0.15) is 13.2 Å². The molecule has 0 aliphatic rings. The van der Waals surface area contributed by atoms with Crippen molar-refractivity contribution in [3.8, 4) is 17.1 Å². The molecule has 4 heterocycles. The largest absolute Gasteiger partial charge is 2.00 e. The third kappa shape index (κ3) is 4.62. The van der Waals surface area contributed by atoms with E-state index in [1.54, 1.807) is 30.3 Å². The first-order valence-corrected chi connectivity index (χ1v) is 9.19. The van der Waals surface area contributed by atoms with E-state index in [0.717, 1.165) is 10.7 Å². The van der Waals surface area contributed by atoms with Crippen LogP contribution in [0.15, 0.2) is 54.7 Å². The molecule has 0 amide bonds. The molecule has 4 rings (SSSR count). The van der Waals surface area contributed by atoms with Crippen molar-refractivity contribution in [2.75, 3.05) is 0 Å². The van der Waals surface area contributed by atoms with Crippen molar-refractivity contribution in [1.29, 1.82) is 0 Å². The van der Waals surface area contributed by atoms with Crippen LogP contribution in [-0.2, 0) is 32.7 Å². The Labute approximate surface area is 195 Å². The van der Waals surface area contributed by atoms with Gasteiger partial charge in [-0.25, -0.2) is 4.39 Å². The van der Waals surface area contributed by atoms with Gasteiger partial charge in [0.05, 0.1) is 11.5 Å². The zero-order chi connectivity index (χ0) is 22.2. The monoisotopic (exact) mass is 620 g/mol. The quantitative estimate of drug-likeness (QED) is 0.187. The summed E-state index contributed by atoms with van der Waals surface area (Å²) in [6.45, 7) is 3.73. The second-order valence-corrected chi connectivity index (χ2v) is 7.24. The predicted octanol–water partition coefficient (Wildman–Crippen LogP) is 4.81. The van der Waals surface area contributed by atoms with Crippen LogP contribution >= 0.6 is 0 Å². The summed E-state index contributed by atoms with van der Waals surface area (Å²) < 4.78 is 53.6. The molecular formula is C22H15F4N5Pt. The molecule has 4 aromatic heterocycles. The van der Waals surface area contributed by atoms with E-state index in [1.165, 1.54) is 18.3 Å². The molecule has 0 saturated heterocycles. The zero-order valence-electron chi connectivity index (χ0n) is 16.8. The maximum Gasteiger partial charge on any atom is 2.00 e. The van der Waals surface area contributed by atoms with Gasteiger partial charge in [0, 0.05) is 16.8 Å². The van der Waals surface area contributed by atoms with Crippen molar-refractivity contribution in [2.24, 2.45) is 0 Å². The van der Waals surface area contributed by atoms with Crippen molar-refractivity contribution >= 4 is 0 Å². The smallest absolute Gasteiger partial charge is 0.343 e. The van der Waals surface area contributed by atoms with Gasteiger partial charge in [0.1, 0.15) is 5.95 Å². The number of pyridine rings is 3. The Bertz CT molecular complexity index is 1240. The molecule has 0 fully saturated rings. The molecule has 10 heteroatoms. The number of nitrogens with zero attached hydrogens (tertiary/aromatic N) is 5. The molecule has 4 aromatic rings. The van der Waals surface area contributed by atoms with Crippen LogP contribution in [0, 0.1) is 18.2 Å². The fourth-order valence-electron chi connectivity index (χ4n) is 3.01. The average Bonchev–Trinajstić information content (AvgIpc) is 3.25. The number of rotatable bonds is 4. The van der Waals surface area contributed by atoms with Crippen molar-refractivity contribution in [3.05, 3.63) is 90.0 Å². The molecule has 32 heavy (non-hydrogen) atoms. The Morgan fingerprint density at radius 3 is 2.28 bits per heavy atom. The summed E-state index contributed by atoms with van der Waals surface area (Å²) >= 11 is 0. The summed E-state index contributed by atoms with van der Waals surface area (Å²) in [5, 5.41) is 3.52. The predicted molar refractivity (Wildman–Crippen MR) is 104 cm³/mol. The summed E-state index contributed by atoms with van der Waals surface area (Å²) in [5.41, 5.74) is -0.155. The first kappa shape index (κ1) is 23.7. The summed E-state index contributed by atoms with van der Waals surface area (Å²) in [4.78, 5) is 12.7. The van der Waals surface area contributed by atoms with E-state index in [9.17, 15) is 17.6 Å². The molecule has 0 saturated carbocycles. The Hall–Kier alpha value is -2.93. The van der Waals surface area contributed by atoms with E-state index in [1.807, 2.05) is 13.8 Å². The number of halogens is 4. The van der Waals surface area contributed by atoms with Gasteiger partial charge in [0.15, 0.2) is 0 Å². The summed E-state index contributed by atoms with van der Waals surface area (Å²) in [7, 11) is 0. The van der Waals surface area contributed by atoms with Gasteiger partial charge in [-0.15, -0.1) is 18.2 Å². The molecule has 0 radical (unpaired) electrons. The second kappa shape index (κ2) is 8.90. The van der Waals surface area contributed by atoms with Crippen molar-refractivity contribution in [3.63, 3.8) is 0 Å². The van der Waals surface area contributed by atoms with Gasteiger partial charge in [-0.05, 0) is 31.7 Å². The van der Waals surface area contributed by atoms with Gasteiger partial charge < -0.3 is 14.6 Å². The number of hydrogen-bond acceptors (Lipinski definition) is 4. The van der Waals surface area contributed by atoms with E-state index in [0.29, 0.717) is 17.1 Å². The summed E-state index contributed by atoms with van der Waals surface area (Å²) in [5.74, 6) is -0.497. The maximum absolute atomic E-state index is 14.1. The van der Waals surface area contributed by atoms with Crippen molar-refractivity contribution in [2.45, 2.75) is 25.4 Å². The minimum atomic E-state index is -4.57. The molecule has 5 nitrogen and oxygen atoms in total. The molecule has 0 N–H and O–H groups in total. The zero-order valence-corrected chi connectivity index (χ0v) is 19.0. The first-order chi connectivity index (χ1) is 14.7. The molecular weight excluding hydrogens is 605 g/mol. The summed E-state index contributed by atoms with van der Waals surface area (Å²) in [6.07, 6.45) is -0.825. The van der Waals surface area contributed by atoms with Crippen LogP contribution in [-0.4, -0.2) is 24.7 Å². The standard InChI is InChI=1S/C22H15F4N5.Pt/c1-21(2,16-8-3-7-15(28-16)14-6-5-12-27-20(14)23)17-9-4-10-19(29-17)31-13-11-18(30-31)22(24,25)26;/h3-5,7-12H,1-2H3;/q-2;+2. The van der Waals surface area contributed by atoms with Gasteiger partial charge in [-0.3, -0.25) is 10.1 Å². The number of alkyl halides is 3. The number of aromatic nitrogens is 5. The molecule has 0 atom stereocenters. The third-order valence-corrected chi connectivity index (χ3v) is 4.76. The molecule has 0 aromatic carbocycles. The van der Waals surface area contributed by atoms with Crippen molar-refractivity contribution < 1.29 is 38.6 Å². The maximum atomic E-state index is 14.1. The van der Waals surface area contributed by atoms with Crippen LogP contribution in [0.5, 0.6) is 0 Å². The molecule has 0 aliphatic carbocycles. The van der Waals surface area contributed by atoms with E-state index in [4.69, 9.17) is 0 Å². The Morgan fingerprint density at radius 2 is 1.62 bits per heavy atom. The van der Waals surface area contributed by atoms with Crippen molar-refractivity contribution in [1.82, 2.24) is 24.7 Å². The van der Waals surface area contributed by atoms with Crippen LogP contribution < -0.4 is 0 Å². The van der Waals surface area contributed by atoms with Gasteiger partial charge >= 0.3 is 27.2 Å². The minimum absolute atomic E-state index is 0. The first-order valence-electron chi connectivity index (χ1n) is 9.19. The van der Waals surface area contributed by atoms with Gasteiger partial charge in [0.2, 0.25) is 0 Å². The van der Waals surface area contributed by atoms with E-state index < -0.39 is 23.2 Å². The van der Waals surface area contributed by atoms with Crippen LogP contribution in [0.3, 0.4) is 0 Å². The van der Waals surface area contributed by atoms with Crippen LogP contribution in [0.2, 0.25) is 0 Å². The molecule has 166 valence electrons. The van der Waals surface area contributed by atoms with Crippen LogP contribution in [0.1, 0.15) is 30.9 Å². The van der Waals surface area contributed by atoms with Gasteiger partial charge in [-0.1, -0.05) is 42.2 Å². The fraction of sp³-hybridized carbons (Fsp3) is 0.182.